The third-order valence-electron chi connectivity index (χ3n) is 9.38. The van der Waals surface area contributed by atoms with Crippen molar-refractivity contribution in [3.63, 3.8) is 0 Å². The van der Waals surface area contributed by atoms with Crippen LogP contribution in [0.1, 0.15) is 58.3 Å². The summed E-state index contributed by atoms with van der Waals surface area (Å²) in [6.45, 7) is 20.3. The molecule has 3 fully saturated rings. The van der Waals surface area contributed by atoms with E-state index in [-0.39, 0.29) is 17.0 Å². The molecule has 0 aromatic heterocycles. The molecule has 0 heterocycles. The van der Waals surface area contributed by atoms with Crippen molar-refractivity contribution in [3.05, 3.63) is 62.8 Å². The smallest absolute Gasteiger partial charge is 0.0840 e. The number of hydrogen-bond acceptors (Lipinski definition) is 0. The Labute approximate surface area is 222 Å². The fourth-order valence-electron chi connectivity index (χ4n) is 7.91. The summed E-state index contributed by atoms with van der Waals surface area (Å²) >= 11 is 0. The van der Waals surface area contributed by atoms with Gasteiger partial charge >= 0.3 is 0 Å². The molecular weight excluding hydrogens is 478 g/mol. The second-order valence-corrected chi connectivity index (χ2v) is 13.1. The summed E-state index contributed by atoms with van der Waals surface area (Å²) in [5.41, 5.74) is 0.368. The molecule has 9 atom stereocenters. The van der Waals surface area contributed by atoms with Crippen LogP contribution in [0.3, 0.4) is 0 Å². The van der Waals surface area contributed by atoms with Gasteiger partial charge in [0.2, 0.25) is 0 Å². The number of halogens is 1. The molecule has 2 heteroatoms. The van der Waals surface area contributed by atoms with Gasteiger partial charge in [0.05, 0.1) is 27.7 Å². The van der Waals surface area contributed by atoms with E-state index in [1.165, 1.54) is 57.9 Å². The number of hydrogen-bond donors (Lipinski definition) is 0. The van der Waals surface area contributed by atoms with Crippen molar-refractivity contribution in [3.8, 4) is 0 Å². The van der Waals surface area contributed by atoms with Crippen LogP contribution in [0.15, 0.2) is 62.8 Å². The average molecular weight is 531 g/mol. The predicted octanol–water partition coefficient (Wildman–Crippen LogP) is 5.09. The molecule has 3 saturated carbocycles. The van der Waals surface area contributed by atoms with Gasteiger partial charge in [0.15, 0.2) is 0 Å². The first-order valence-electron chi connectivity index (χ1n) is 13.6. The SMILES string of the molecule is C=CC1CC(C=C)C(CCC2CC(/C=C\C3CC(C=C)CC3(C)C[N+](C)(C)C)CC2C=C)C1.[Br-]. The molecule has 3 aliphatic rings. The molecule has 0 aromatic rings. The molecule has 3 aliphatic carbocycles. The number of allylic oxidation sites excluding steroid dienone is 6. The van der Waals surface area contributed by atoms with E-state index in [9.17, 15) is 0 Å². The minimum Gasteiger partial charge on any atom is -1.00 e. The Morgan fingerprint density at radius 3 is 1.74 bits per heavy atom. The highest BCUT2D eigenvalue weighted by atomic mass is 79.9. The fourth-order valence-corrected chi connectivity index (χ4v) is 7.91. The summed E-state index contributed by atoms with van der Waals surface area (Å²) < 4.78 is 1.04. The largest absolute Gasteiger partial charge is 1.00 e. The maximum atomic E-state index is 4.22. The highest BCUT2D eigenvalue weighted by Gasteiger charge is 2.45. The monoisotopic (exact) mass is 529 g/mol. The predicted molar refractivity (Wildman–Crippen MR) is 146 cm³/mol. The maximum absolute atomic E-state index is 4.22. The summed E-state index contributed by atoms with van der Waals surface area (Å²) in [7, 11) is 7.01. The van der Waals surface area contributed by atoms with E-state index in [1.807, 2.05) is 0 Å². The van der Waals surface area contributed by atoms with Crippen LogP contribution >= 0.6 is 0 Å². The molecule has 0 aromatic carbocycles. The summed E-state index contributed by atoms with van der Waals surface area (Å²) in [6.07, 6.45) is 24.5. The van der Waals surface area contributed by atoms with Crippen molar-refractivity contribution in [1.29, 1.82) is 0 Å². The lowest BCUT2D eigenvalue weighted by Crippen LogP contribution is -3.00. The van der Waals surface area contributed by atoms with Crippen LogP contribution in [0.2, 0.25) is 0 Å². The Balaban J connectivity index is 0.00000408. The fraction of sp³-hybridized carbons (Fsp3) is 0.688. The molecule has 0 aliphatic heterocycles. The molecular formula is C32H52BrN. The van der Waals surface area contributed by atoms with E-state index in [0.29, 0.717) is 40.9 Å². The van der Waals surface area contributed by atoms with Gasteiger partial charge in [-0.1, -0.05) is 43.4 Å². The molecule has 0 radical (unpaired) electrons. The van der Waals surface area contributed by atoms with E-state index in [2.05, 4.69) is 90.8 Å². The van der Waals surface area contributed by atoms with E-state index >= 15 is 0 Å². The zero-order valence-corrected chi connectivity index (χ0v) is 24.2. The molecule has 0 spiro atoms. The van der Waals surface area contributed by atoms with Crippen molar-refractivity contribution < 1.29 is 21.5 Å². The highest BCUT2D eigenvalue weighted by Crippen LogP contribution is 2.50. The molecule has 0 amide bonds. The van der Waals surface area contributed by atoms with Gasteiger partial charge in [-0.05, 0) is 98.7 Å². The van der Waals surface area contributed by atoms with Gasteiger partial charge in [-0.3, -0.25) is 0 Å². The van der Waals surface area contributed by atoms with E-state index in [4.69, 9.17) is 0 Å². The van der Waals surface area contributed by atoms with Gasteiger partial charge < -0.3 is 21.5 Å². The summed E-state index contributed by atoms with van der Waals surface area (Å²) in [5, 5.41) is 0. The molecule has 192 valence electrons. The van der Waals surface area contributed by atoms with Crippen molar-refractivity contribution >= 4 is 0 Å². The van der Waals surface area contributed by atoms with Gasteiger partial charge in [0.25, 0.3) is 0 Å². The highest BCUT2D eigenvalue weighted by molar-refractivity contribution is 5.09. The zero-order chi connectivity index (χ0) is 24.2. The van der Waals surface area contributed by atoms with Crippen LogP contribution in [0, 0.1) is 52.8 Å². The first kappa shape index (κ1) is 29.4. The molecule has 0 saturated heterocycles. The van der Waals surface area contributed by atoms with Crippen LogP contribution < -0.4 is 17.0 Å². The van der Waals surface area contributed by atoms with Crippen molar-refractivity contribution in [2.24, 2.45) is 52.8 Å². The lowest BCUT2D eigenvalue weighted by Gasteiger charge is -2.37. The zero-order valence-electron chi connectivity index (χ0n) is 22.6. The normalized spacial score (nSPS) is 40.2. The Kier molecular flexibility index (Phi) is 10.7. The Morgan fingerprint density at radius 1 is 0.706 bits per heavy atom. The average Bonchev–Trinajstić information content (AvgIpc) is 3.43. The standard InChI is InChI=1S/C32H52N.BrH/c1-9-24-17-27(11-3)29(18-24)14-15-30-20-26(19-28(30)12-4)13-16-31-21-25(10-2)22-32(31,5)23-33(6,7)8;/h9-13,16,24-31H,1-4,14-15,17-23H2,5-8H3;1H/q+1;/p-1/b16-13-;. The third-order valence-corrected chi connectivity index (χ3v) is 9.38. The lowest BCUT2D eigenvalue weighted by atomic mass is 9.78. The van der Waals surface area contributed by atoms with E-state index in [0.717, 1.165) is 16.3 Å². The molecule has 9 unspecified atom stereocenters. The minimum atomic E-state index is 0. The van der Waals surface area contributed by atoms with Crippen LogP contribution in [0.5, 0.6) is 0 Å². The molecule has 0 bridgehead atoms. The maximum Gasteiger partial charge on any atom is 0.0840 e. The van der Waals surface area contributed by atoms with Crippen molar-refractivity contribution in [2.45, 2.75) is 58.3 Å². The quantitative estimate of drug-likeness (QED) is 0.258. The lowest BCUT2D eigenvalue weighted by molar-refractivity contribution is -0.877. The van der Waals surface area contributed by atoms with Crippen LogP contribution in [-0.4, -0.2) is 32.2 Å². The van der Waals surface area contributed by atoms with Crippen LogP contribution in [0.4, 0.5) is 0 Å². The van der Waals surface area contributed by atoms with E-state index < -0.39 is 0 Å². The van der Waals surface area contributed by atoms with Crippen LogP contribution in [0.25, 0.3) is 0 Å². The van der Waals surface area contributed by atoms with Gasteiger partial charge in [-0.2, -0.15) is 0 Å². The number of rotatable bonds is 11. The minimum absolute atomic E-state index is 0. The molecule has 3 rings (SSSR count). The Bertz CT molecular complexity index is 730. The topological polar surface area (TPSA) is 0 Å². The van der Waals surface area contributed by atoms with E-state index in [1.54, 1.807) is 0 Å². The van der Waals surface area contributed by atoms with Crippen molar-refractivity contribution in [1.82, 2.24) is 0 Å². The second kappa shape index (κ2) is 12.4. The van der Waals surface area contributed by atoms with Gasteiger partial charge in [0, 0.05) is 5.41 Å². The van der Waals surface area contributed by atoms with Gasteiger partial charge in [-0.15, -0.1) is 26.3 Å². The summed E-state index contributed by atoms with van der Waals surface area (Å²) in [4.78, 5) is 0. The molecule has 1 nitrogen and oxygen atoms in total. The first-order valence-corrected chi connectivity index (χ1v) is 13.6. The van der Waals surface area contributed by atoms with Crippen molar-refractivity contribution in [2.75, 3.05) is 27.7 Å². The number of quaternary nitrogens is 1. The Morgan fingerprint density at radius 2 is 1.24 bits per heavy atom. The Hall–Kier alpha value is -0.860. The van der Waals surface area contributed by atoms with Gasteiger partial charge in [0.1, 0.15) is 0 Å². The summed E-state index contributed by atoms with van der Waals surface area (Å²) in [5.74, 6) is 5.71. The first-order chi connectivity index (χ1) is 15.6. The van der Waals surface area contributed by atoms with Crippen LogP contribution in [-0.2, 0) is 0 Å². The number of nitrogens with zero attached hydrogens (tertiary/aromatic N) is 1. The third kappa shape index (κ3) is 7.33. The molecule has 34 heavy (non-hydrogen) atoms. The molecule has 0 N–H and O–H groups in total. The second-order valence-electron chi connectivity index (χ2n) is 13.1. The summed E-state index contributed by atoms with van der Waals surface area (Å²) in [6, 6.07) is 0. The van der Waals surface area contributed by atoms with Gasteiger partial charge in [-0.25, -0.2) is 0 Å².